The van der Waals surface area contributed by atoms with Gasteiger partial charge < -0.3 is 10.6 Å². The van der Waals surface area contributed by atoms with Gasteiger partial charge in [-0.05, 0) is 6.92 Å². The molecular weight excluding hydrogens is 228 g/mol. The molecule has 1 aromatic heterocycles. The number of aryl methyl sites for hydroxylation is 2. The number of nitrogens with one attached hydrogen (secondary N) is 2. The molecule has 0 aliphatic rings. The fourth-order valence-electron chi connectivity index (χ4n) is 1.41. The lowest BCUT2D eigenvalue weighted by Crippen LogP contribution is -2.30. The summed E-state index contributed by atoms with van der Waals surface area (Å²) in [4.78, 5) is 10.6. The molecule has 1 rings (SSSR count). The maximum Gasteiger partial charge on any atom is 0.216 e. The molecule has 0 aliphatic heterocycles. The van der Waals surface area contributed by atoms with Crippen molar-refractivity contribution in [3.8, 4) is 0 Å². The maximum atomic E-state index is 10.6. The molecule has 0 spiro atoms. The van der Waals surface area contributed by atoms with Crippen LogP contribution in [0.25, 0.3) is 0 Å². The predicted octanol–water partition coefficient (Wildman–Crippen LogP) is 0.608. The first-order chi connectivity index (χ1) is 7.52. The number of aromatic nitrogens is 2. The third-order valence-electron chi connectivity index (χ3n) is 2.23. The van der Waals surface area contributed by atoms with Crippen molar-refractivity contribution in [2.45, 2.75) is 20.4 Å². The monoisotopic (exact) mass is 244 g/mol. The van der Waals surface area contributed by atoms with Crippen molar-refractivity contribution in [1.82, 2.24) is 20.4 Å². The van der Waals surface area contributed by atoms with Gasteiger partial charge in [-0.3, -0.25) is 9.48 Å². The number of halogens is 1. The molecule has 2 N–H and O–H groups in total. The van der Waals surface area contributed by atoms with Gasteiger partial charge >= 0.3 is 0 Å². The summed E-state index contributed by atoms with van der Waals surface area (Å²) in [5.74, 6) is -0.0174. The van der Waals surface area contributed by atoms with Crippen molar-refractivity contribution < 1.29 is 4.79 Å². The molecule has 0 bridgehead atoms. The van der Waals surface area contributed by atoms with E-state index in [9.17, 15) is 4.79 Å². The molecule has 0 radical (unpaired) electrons. The zero-order valence-corrected chi connectivity index (χ0v) is 10.6. The molecule has 0 saturated carbocycles. The average Bonchev–Trinajstić information content (AvgIpc) is 2.43. The van der Waals surface area contributed by atoms with Crippen molar-refractivity contribution >= 4 is 17.5 Å². The normalized spacial score (nSPS) is 10.5. The standard InChI is InChI=1S/C10H17ClN4O/c1-7-10(11)9(15(3)14-7)6-12-4-5-13-8(2)16/h12H,4-6H2,1-3H3,(H,13,16). The first-order valence-electron chi connectivity index (χ1n) is 5.15. The molecule has 0 aliphatic carbocycles. The molecule has 16 heavy (non-hydrogen) atoms. The third-order valence-corrected chi connectivity index (χ3v) is 2.72. The molecule has 90 valence electrons. The lowest BCUT2D eigenvalue weighted by atomic mass is 10.3. The summed E-state index contributed by atoms with van der Waals surface area (Å²) < 4.78 is 1.77. The van der Waals surface area contributed by atoms with Gasteiger partial charge in [-0.25, -0.2) is 0 Å². The van der Waals surface area contributed by atoms with Gasteiger partial charge in [0.25, 0.3) is 0 Å². The molecule has 0 atom stereocenters. The smallest absolute Gasteiger partial charge is 0.216 e. The first-order valence-corrected chi connectivity index (χ1v) is 5.53. The Kier molecular flexibility index (Phi) is 4.76. The van der Waals surface area contributed by atoms with Crippen molar-refractivity contribution in [3.05, 3.63) is 16.4 Å². The molecule has 1 heterocycles. The van der Waals surface area contributed by atoms with Gasteiger partial charge in [0.1, 0.15) is 0 Å². The van der Waals surface area contributed by atoms with E-state index in [-0.39, 0.29) is 5.91 Å². The van der Waals surface area contributed by atoms with Crippen molar-refractivity contribution in [3.63, 3.8) is 0 Å². The Balaban J connectivity index is 2.34. The minimum atomic E-state index is -0.0174. The molecule has 0 saturated heterocycles. The Bertz CT molecular complexity index is 375. The van der Waals surface area contributed by atoms with Crippen LogP contribution in [0.5, 0.6) is 0 Å². The maximum absolute atomic E-state index is 10.6. The van der Waals surface area contributed by atoms with Crippen LogP contribution >= 0.6 is 11.6 Å². The van der Waals surface area contributed by atoms with E-state index in [2.05, 4.69) is 15.7 Å². The number of amides is 1. The van der Waals surface area contributed by atoms with Gasteiger partial charge in [-0.15, -0.1) is 0 Å². The molecule has 0 unspecified atom stereocenters. The van der Waals surface area contributed by atoms with Crippen LogP contribution in [0.3, 0.4) is 0 Å². The largest absolute Gasteiger partial charge is 0.355 e. The molecule has 1 amide bonds. The van der Waals surface area contributed by atoms with Gasteiger partial charge in [-0.2, -0.15) is 5.10 Å². The zero-order chi connectivity index (χ0) is 12.1. The van der Waals surface area contributed by atoms with E-state index < -0.39 is 0 Å². The predicted molar refractivity (Wildman–Crippen MR) is 63.3 cm³/mol. The topological polar surface area (TPSA) is 59.0 Å². The summed E-state index contributed by atoms with van der Waals surface area (Å²) in [6.07, 6.45) is 0. The molecular formula is C10H17ClN4O. The minimum Gasteiger partial charge on any atom is -0.355 e. The van der Waals surface area contributed by atoms with E-state index >= 15 is 0 Å². The molecule has 6 heteroatoms. The number of hydrogen-bond donors (Lipinski definition) is 2. The zero-order valence-electron chi connectivity index (χ0n) is 9.80. The highest BCUT2D eigenvalue weighted by Gasteiger charge is 2.09. The second-order valence-corrected chi connectivity index (χ2v) is 4.01. The Labute approximate surface area is 100 Å². The Hall–Kier alpha value is -1.07. The number of carbonyl (C=O) groups is 1. The van der Waals surface area contributed by atoms with Crippen LogP contribution in [0.1, 0.15) is 18.3 Å². The number of nitrogens with zero attached hydrogens (tertiary/aromatic N) is 2. The Morgan fingerprint density at radius 3 is 2.69 bits per heavy atom. The van der Waals surface area contributed by atoms with E-state index in [1.165, 1.54) is 6.92 Å². The van der Waals surface area contributed by atoms with Gasteiger partial charge in [0.05, 0.1) is 16.4 Å². The van der Waals surface area contributed by atoms with Gasteiger partial charge in [-0.1, -0.05) is 11.6 Å². The highest BCUT2D eigenvalue weighted by atomic mass is 35.5. The third kappa shape index (κ3) is 3.50. The van der Waals surface area contributed by atoms with E-state index in [0.717, 1.165) is 11.4 Å². The van der Waals surface area contributed by atoms with Crippen LogP contribution in [0, 0.1) is 6.92 Å². The van der Waals surface area contributed by atoms with Crippen LogP contribution in [-0.2, 0) is 18.4 Å². The SMILES string of the molecule is CC(=O)NCCNCc1c(Cl)c(C)nn1C. The Morgan fingerprint density at radius 1 is 1.50 bits per heavy atom. The quantitative estimate of drug-likeness (QED) is 0.746. The van der Waals surface area contributed by atoms with Crippen molar-refractivity contribution in [1.29, 1.82) is 0 Å². The van der Waals surface area contributed by atoms with Crippen molar-refractivity contribution in [2.24, 2.45) is 7.05 Å². The summed E-state index contributed by atoms with van der Waals surface area (Å²) in [7, 11) is 1.86. The van der Waals surface area contributed by atoms with Crippen LogP contribution in [0.2, 0.25) is 5.02 Å². The highest BCUT2D eigenvalue weighted by Crippen LogP contribution is 2.18. The van der Waals surface area contributed by atoms with E-state index in [1.54, 1.807) is 4.68 Å². The summed E-state index contributed by atoms with van der Waals surface area (Å²) in [6.45, 7) is 5.35. The molecule has 0 aromatic carbocycles. The van der Waals surface area contributed by atoms with Crippen LogP contribution in [0.4, 0.5) is 0 Å². The van der Waals surface area contributed by atoms with Crippen molar-refractivity contribution in [2.75, 3.05) is 13.1 Å². The summed E-state index contributed by atoms with van der Waals surface area (Å²) in [5.41, 5.74) is 1.80. The number of hydrogen-bond acceptors (Lipinski definition) is 3. The van der Waals surface area contributed by atoms with Crippen LogP contribution in [0.15, 0.2) is 0 Å². The fraction of sp³-hybridized carbons (Fsp3) is 0.600. The van der Waals surface area contributed by atoms with Crippen LogP contribution in [-0.4, -0.2) is 28.8 Å². The first kappa shape index (κ1) is 13.0. The highest BCUT2D eigenvalue weighted by molar-refractivity contribution is 6.31. The van der Waals surface area contributed by atoms with E-state index in [0.29, 0.717) is 24.7 Å². The minimum absolute atomic E-state index is 0.0174. The van der Waals surface area contributed by atoms with E-state index in [4.69, 9.17) is 11.6 Å². The molecule has 1 aromatic rings. The van der Waals surface area contributed by atoms with E-state index in [1.807, 2.05) is 14.0 Å². The lowest BCUT2D eigenvalue weighted by molar-refractivity contribution is -0.118. The van der Waals surface area contributed by atoms with Gasteiger partial charge in [0.2, 0.25) is 5.91 Å². The van der Waals surface area contributed by atoms with Gasteiger partial charge in [0, 0.05) is 33.6 Å². The molecule has 0 fully saturated rings. The number of carbonyl (C=O) groups excluding carboxylic acids is 1. The second kappa shape index (κ2) is 5.86. The summed E-state index contributed by atoms with van der Waals surface area (Å²) in [6, 6.07) is 0. The number of rotatable bonds is 5. The summed E-state index contributed by atoms with van der Waals surface area (Å²) in [5, 5.41) is 10.8. The average molecular weight is 245 g/mol. The summed E-state index contributed by atoms with van der Waals surface area (Å²) >= 11 is 6.08. The second-order valence-electron chi connectivity index (χ2n) is 3.63. The molecule has 5 nitrogen and oxygen atoms in total. The fourth-order valence-corrected chi connectivity index (χ4v) is 1.63. The Morgan fingerprint density at radius 2 is 2.19 bits per heavy atom. The van der Waals surface area contributed by atoms with Gasteiger partial charge in [0.15, 0.2) is 0 Å². The van der Waals surface area contributed by atoms with Crippen LogP contribution < -0.4 is 10.6 Å². The lowest BCUT2D eigenvalue weighted by Gasteiger charge is -2.06.